The summed E-state index contributed by atoms with van der Waals surface area (Å²) in [5.41, 5.74) is 3.53. The van der Waals surface area contributed by atoms with E-state index < -0.39 is 7.26 Å². The molecule has 2 heteroatoms. The van der Waals surface area contributed by atoms with E-state index in [2.05, 4.69) is 140 Å². The van der Waals surface area contributed by atoms with Crippen molar-refractivity contribution in [2.75, 3.05) is 5.32 Å². The highest BCUT2D eigenvalue weighted by molar-refractivity contribution is 7.98. The molecule has 0 aromatic heterocycles. The van der Waals surface area contributed by atoms with Gasteiger partial charge in [0.1, 0.15) is 23.2 Å². The molecule has 148 valence electrons. The van der Waals surface area contributed by atoms with Crippen molar-refractivity contribution < 1.29 is 0 Å². The Morgan fingerprint density at radius 3 is 1.40 bits per heavy atom. The van der Waals surface area contributed by atoms with Gasteiger partial charge < -0.3 is 5.32 Å². The standard InChI is InChI=1S/C28H27NP/c1-23-18-20-25(21-19-23)29-24(2)22-30(26-12-6-3-7-13-26,27-14-8-4-9-15-27)28-16-10-5-11-17-28/h3-22,29H,1-2H3/q+1/b24-22+. The second kappa shape index (κ2) is 9.11. The summed E-state index contributed by atoms with van der Waals surface area (Å²) in [6.07, 6.45) is 0. The van der Waals surface area contributed by atoms with E-state index in [-0.39, 0.29) is 0 Å². The van der Waals surface area contributed by atoms with Gasteiger partial charge in [-0.05, 0) is 62.4 Å². The second-order valence-corrected chi connectivity index (χ2v) is 10.8. The maximum atomic E-state index is 3.62. The lowest BCUT2D eigenvalue weighted by molar-refractivity contribution is 1.37. The van der Waals surface area contributed by atoms with Crippen molar-refractivity contribution in [3.05, 3.63) is 132 Å². The summed E-state index contributed by atoms with van der Waals surface area (Å²) in [4.78, 5) is 0. The molecule has 0 bridgehead atoms. The zero-order valence-corrected chi connectivity index (χ0v) is 18.4. The van der Waals surface area contributed by atoms with Crippen LogP contribution < -0.4 is 21.2 Å². The number of anilines is 1. The first-order chi connectivity index (χ1) is 14.7. The second-order valence-electron chi connectivity index (χ2n) is 7.53. The predicted octanol–water partition coefficient (Wildman–Crippen LogP) is 6.26. The maximum absolute atomic E-state index is 3.62. The first-order valence-electron chi connectivity index (χ1n) is 10.3. The lowest BCUT2D eigenvalue weighted by Gasteiger charge is -2.25. The fourth-order valence-electron chi connectivity index (χ4n) is 3.85. The molecular formula is C28H27NP+. The molecule has 4 aromatic rings. The van der Waals surface area contributed by atoms with E-state index in [4.69, 9.17) is 0 Å². The number of benzene rings is 4. The molecule has 0 unspecified atom stereocenters. The highest BCUT2D eigenvalue weighted by Gasteiger charge is 2.43. The van der Waals surface area contributed by atoms with Gasteiger partial charge in [-0.2, -0.15) is 0 Å². The summed E-state index contributed by atoms with van der Waals surface area (Å²) in [6, 6.07) is 41.3. The van der Waals surface area contributed by atoms with Crippen LogP contribution in [-0.2, 0) is 0 Å². The van der Waals surface area contributed by atoms with Gasteiger partial charge in [0.05, 0.1) is 5.82 Å². The molecule has 0 saturated carbocycles. The van der Waals surface area contributed by atoms with E-state index >= 15 is 0 Å². The number of hydrogen-bond donors (Lipinski definition) is 1. The van der Waals surface area contributed by atoms with Crippen LogP contribution in [0.2, 0.25) is 0 Å². The molecule has 0 fully saturated rings. The van der Waals surface area contributed by atoms with Crippen LogP contribution in [0.5, 0.6) is 0 Å². The Hall–Kier alpha value is -3.15. The molecule has 1 N–H and O–H groups in total. The quantitative estimate of drug-likeness (QED) is 0.371. The average molecular weight is 409 g/mol. The first kappa shape index (κ1) is 20.1. The highest BCUT2D eigenvalue weighted by atomic mass is 31.2. The third-order valence-corrected chi connectivity index (χ3v) is 9.38. The molecule has 0 saturated heterocycles. The Kier molecular flexibility index (Phi) is 6.12. The molecule has 0 atom stereocenters. The summed E-state index contributed by atoms with van der Waals surface area (Å²) in [6.45, 7) is 4.28. The topological polar surface area (TPSA) is 12.0 Å². The molecule has 0 aliphatic heterocycles. The predicted molar refractivity (Wildman–Crippen MR) is 134 cm³/mol. The van der Waals surface area contributed by atoms with Crippen LogP contribution in [0.15, 0.2) is 127 Å². The van der Waals surface area contributed by atoms with Crippen molar-refractivity contribution in [1.82, 2.24) is 0 Å². The van der Waals surface area contributed by atoms with Crippen LogP contribution in [0, 0.1) is 6.92 Å². The van der Waals surface area contributed by atoms with E-state index in [1.54, 1.807) is 0 Å². The van der Waals surface area contributed by atoms with E-state index in [1.807, 2.05) is 0 Å². The van der Waals surface area contributed by atoms with Gasteiger partial charge in [-0.3, -0.25) is 0 Å². The summed E-state index contributed by atoms with van der Waals surface area (Å²) in [5, 5.41) is 7.68. The molecule has 0 heterocycles. The Balaban J connectivity index is 1.91. The van der Waals surface area contributed by atoms with Gasteiger partial charge in [-0.1, -0.05) is 72.3 Å². The van der Waals surface area contributed by atoms with Crippen LogP contribution in [0.25, 0.3) is 0 Å². The molecular weight excluding hydrogens is 381 g/mol. The van der Waals surface area contributed by atoms with Crippen LogP contribution in [-0.4, -0.2) is 0 Å². The van der Waals surface area contributed by atoms with E-state index in [1.165, 1.54) is 21.5 Å². The summed E-state index contributed by atoms with van der Waals surface area (Å²) >= 11 is 0. The molecule has 4 aromatic carbocycles. The summed E-state index contributed by atoms with van der Waals surface area (Å²) in [7, 11) is -1.98. The van der Waals surface area contributed by atoms with Gasteiger partial charge in [-0.25, -0.2) is 0 Å². The van der Waals surface area contributed by atoms with Crippen molar-refractivity contribution in [1.29, 1.82) is 0 Å². The van der Waals surface area contributed by atoms with Crippen LogP contribution in [0.4, 0.5) is 5.69 Å². The van der Waals surface area contributed by atoms with Crippen LogP contribution >= 0.6 is 7.26 Å². The zero-order valence-electron chi connectivity index (χ0n) is 17.5. The smallest absolute Gasteiger partial charge is 0.138 e. The molecule has 0 spiro atoms. The van der Waals surface area contributed by atoms with E-state index in [0.29, 0.717) is 0 Å². The van der Waals surface area contributed by atoms with Crippen LogP contribution in [0.3, 0.4) is 0 Å². The zero-order chi connectivity index (χ0) is 20.8. The minimum Gasteiger partial charge on any atom is -0.356 e. The molecule has 4 rings (SSSR count). The third-order valence-electron chi connectivity index (χ3n) is 5.27. The van der Waals surface area contributed by atoms with Gasteiger partial charge >= 0.3 is 0 Å². The minimum atomic E-state index is -1.98. The maximum Gasteiger partial charge on any atom is 0.138 e. The number of aryl methyl sites for hydroxylation is 1. The lowest BCUT2D eigenvalue weighted by Crippen LogP contribution is -2.30. The van der Waals surface area contributed by atoms with Crippen molar-refractivity contribution in [3.8, 4) is 0 Å². The number of nitrogens with one attached hydrogen (secondary N) is 1. The largest absolute Gasteiger partial charge is 0.356 e. The Bertz CT molecular complexity index is 1010. The minimum absolute atomic E-state index is 1.11. The molecule has 0 aliphatic carbocycles. The summed E-state index contributed by atoms with van der Waals surface area (Å²) in [5.74, 6) is 2.47. The van der Waals surface area contributed by atoms with Crippen molar-refractivity contribution in [3.63, 3.8) is 0 Å². The van der Waals surface area contributed by atoms with E-state index in [0.717, 1.165) is 11.4 Å². The molecule has 0 amide bonds. The van der Waals surface area contributed by atoms with E-state index in [9.17, 15) is 0 Å². The molecule has 0 aliphatic rings. The molecule has 30 heavy (non-hydrogen) atoms. The van der Waals surface area contributed by atoms with Gasteiger partial charge in [0.15, 0.2) is 0 Å². The highest BCUT2D eigenvalue weighted by Crippen LogP contribution is 2.57. The fourth-order valence-corrected chi connectivity index (χ4v) is 7.76. The number of allylic oxidation sites excluding steroid dienone is 1. The van der Waals surface area contributed by atoms with Gasteiger partial charge in [0, 0.05) is 11.4 Å². The number of rotatable bonds is 6. The molecule has 0 radical (unpaired) electrons. The Morgan fingerprint density at radius 2 is 1.00 bits per heavy atom. The average Bonchev–Trinajstić information content (AvgIpc) is 2.81. The van der Waals surface area contributed by atoms with Crippen molar-refractivity contribution in [2.24, 2.45) is 0 Å². The van der Waals surface area contributed by atoms with Gasteiger partial charge in [0.2, 0.25) is 0 Å². The lowest BCUT2D eigenvalue weighted by atomic mass is 10.2. The SMILES string of the molecule is C/C(=C\[P+](c1ccccc1)(c1ccccc1)c1ccccc1)Nc1ccc(C)cc1. The van der Waals surface area contributed by atoms with Gasteiger partial charge in [-0.15, -0.1) is 0 Å². The monoisotopic (exact) mass is 408 g/mol. The summed E-state index contributed by atoms with van der Waals surface area (Å²) < 4.78 is 0. The third kappa shape index (κ3) is 4.22. The van der Waals surface area contributed by atoms with Crippen molar-refractivity contribution in [2.45, 2.75) is 13.8 Å². The normalized spacial score (nSPS) is 11.9. The Morgan fingerprint density at radius 1 is 0.600 bits per heavy atom. The van der Waals surface area contributed by atoms with Crippen molar-refractivity contribution >= 4 is 28.9 Å². The first-order valence-corrected chi connectivity index (χ1v) is 12.1. The number of hydrogen-bond acceptors (Lipinski definition) is 1. The Labute approximate surface area is 180 Å². The fraction of sp³-hybridized carbons (Fsp3) is 0.0714. The van der Waals surface area contributed by atoms with Gasteiger partial charge in [0.25, 0.3) is 0 Å². The molecule has 1 nitrogen and oxygen atoms in total. The van der Waals surface area contributed by atoms with Crippen LogP contribution in [0.1, 0.15) is 12.5 Å².